The third-order valence-corrected chi connectivity index (χ3v) is 5.30. The normalized spacial score (nSPS) is 14.5. The van der Waals surface area contributed by atoms with Crippen LogP contribution in [0, 0.1) is 0 Å². The number of carbonyl (C=O) groups is 3. The fourth-order valence-corrected chi connectivity index (χ4v) is 3.85. The number of amides is 2. The molecule has 1 aromatic heterocycles. The van der Waals surface area contributed by atoms with E-state index in [1.54, 1.807) is 71.9 Å². The molecule has 3 rings (SSSR count). The molecule has 9 nitrogen and oxygen atoms in total. The zero-order chi connectivity index (χ0) is 25.8. The number of anilines is 2. The van der Waals surface area contributed by atoms with Crippen molar-refractivity contribution in [3.8, 4) is 0 Å². The third-order valence-electron chi connectivity index (χ3n) is 5.30. The van der Waals surface area contributed by atoms with E-state index in [2.05, 4.69) is 15.7 Å². The fraction of sp³-hybridized carbons (Fsp3) is 0.538. The van der Waals surface area contributed by atoms with E-state index in [-0.39, 0.29) is 18.2 Å². The number of carbonyl (C=O) groups excluding carboxylic acids is 3. The second-order valence-corrected chi connectivity index (χ2v) is 10.9. The van der Waals surface area contributed by atoms with Gasteiger partial charge < -0.3 is 14.8 Å². The number of nitrogens with one attached hydrogen (secondary N) is 2. The van der Waals surface area contributed by atoms with Crippen molar-refractivity contribution in [1.29, 1.82) is 0 Å². The highest BCUT2D eigenvalue weighted by Crippen LogP contribution is 2.34. The first kappa shape index (κ1) is 26.2. The van der Waals surface area contributed by atoms with Crippen molar-refractivity contribution in [2.75, 3.05) is 10.6 Å². The first-order valence-corrected chi connectivity index (χ1v) is 12.0. The van der Waals surface area contributed by atoms with E-state index in [1.165, 1.54) is 0 Å². The van der Waals surface area contributed by atoms with Gasteiger partial charge in [-0.05, 0) is 72.1 Å². The lowest BCUT2D eigenvalue weighted by molar-refractivity contribution is -0.115. The molecule has 2 N–H and O–H groups in total. The van der Waals surface area contributed by atoms with Gasteiger partial charge in [-0.3, -0.25) is 10.1 Å². The minimum atomic E-state index is -0.688. The Bertz CT molecular complexity index is 1050. The smallest absolute Gasteiger partial charge is 0.437 e. The number of ether oxygens (including phenoxy) is 2. The summed E-state index contributed by atoms with van der Waals surface area (Å²) < 4.78 is 11.9. The summed E-state index contributed by atoms with van der Waals surface area (Å²) in [6, 6.07) is 8.68. The molecular formula is C26H36N4O5. The van der Waals surface area contributed by atoms with E-state index < -0.39 is 23.4 Å². The van der Waals surface area contributed by atoms with Gasteiger partial charge in [0.25, 0.3) is 0 Å². The first-order chi connectivity index (χ1) is 16.3. The van der Waals surface area contributed by atoms with E-state index >= 15 is 0 Å². The van der Waals surface area contributed by atoms with Crippen molar-refractivity contribution in [2.24, 2.45) is 0 Å². The SMILES string of the molecule is CC(C)(C)OC(=O)Nc1ccc(CC(=O)Nc2cc(C3CCCC3)nn2C(=O)OC(C)(C)C)cc1. The molecule has 1 aliphatic carbocycles. The van der Waals surface area contributed by atoms with Gasteiger partial charge in [-0.1, -0.05) is 25.0 Å². The van der Waals surface area contributed by atoms with Gasteiger partial charge in [0.05, 0.1) is 12.1 Å². The van der Waals surface area contributed by atoms with Gasteiger partial charge in [0.15, 0.2) is 0 Å². The monoisotopic (exact) mass is 484 g/mol. The van der Waals surface area contributed by atoms with Crippen molar-refractivity contribution in [3.63, 3.8) is 0 Å². The van der Waals surface area contributed by atoms with Crippen LogP contribution < -0.4 is 10.6 Å². The number of hydrogen-bond donors (Lipinski definition) is 2. The summed E-state index contributed by atoms with van der Waals surface area (Å²) in [7, 11) is 0. The summed E-state index contributed by atoms with van der Waals surface area (Å²) in [5.41, 5.74) is 0.823. The van der Waals surface area contributed by atoms with Crippen LogP contribution >= 0.6 is 0 Å². The average molecular weight is 485 g/mol. The highest BCUT2D eigenvalue weighted by Gasteiger charge is 2.26. The Morgan fingerprint density at radius 3 is 2.11 bits per heavy atom. The minimum Gasteiger partial charge on any atom is -0.444 e. The van der Waals surface area contributed by atoms with E-state index in [1.807, 2.05) is 0 Å². The third kappa shape index (κ3) is 8.12. The van der Waals surface area contributed by atoms with Gasteiger partial charge in [0.1, 0.15) is 17.0 Å². The van der Waals surface area contributed by atoms with Crippen molar-refractivity contribution in [2.45, 2.75) is 90.8 Å². The van der Waals surface area contributed by atoms with Crippen LogP contribution in [0.25, 0.3) is 0 Å². The Kier molecular flexibility index (Phi) is 7.87. The van der Waals surface area contributed by atoms with Gasteiger partial charge in [-0.2, -0.15) is 5.10 Å². The number of benzene rings is 1. The predicted octanol–water partition coefficient (Wildman–Crippen LogP) is 5.85. The summed E-state index contributed by atoms with van der Waals surface area (Å²) in [6.07, 6.45) is 3.20. The molecule has 9 heteroatoms. The quantitative estimate of drug-likeness (QED) is 0.550. The zero-order valence-corrected chi connectivity index (χ0v) is 21.4. The Morgan fingerprint density at radius 2 is 1.54 bits per heavy atom. The molecule has 0 spiro atoms. The van der Waals surface area contributed by atoms with E-state index in [4.69, 9.17) is 9.47 Å². The summed E-state index contributed by atoms with van der Waals surface area (Å²) in [5.74, 6) is 0.286. The summed E-state index contributed by atoms with van der Waals surface area (Å²) in [4.78, 5) is 37.5. The molecule has 1 heterocycles. The van der Waals surface area contributed by atoms with Crippen molar-refractivity contribution in [3.05, 3.63) is 41.6 Å². The maximum Gasteiger partial charge on any atom is 0.437 e. The number of rotatable bonds is 5. The largest absolute Gasteiger partial charge is 0.444 e. The molecule has 2 amide bonds. The van der Waals surface area contributed by atoms with Gasteiger partial charge in [0, 0.05) is 17.7 Å². The molecule has 0 saturated heterocycles. The molecule has 1 aliphatic rings. The minimum absolute atomic E-state index is 0.0883. The number of hydrogen-bond acceptors (Lipinski definition) is 6. The van der Waals surface area contributed by atoms with Crippen molar-refractivity contribution in [1.82, 2.24) is 9.78 Å². The van der Waals surface area contributed by atoms with Crippen molar-refractivity contribution >= 4 is 29.6 Å². The van der Waals surface area contributed by atoms with Gasteiger partial charge in [-0.25, -0.2) is 9.59 Å². The summed E-state index contributed by atoms with van der Waals surface area (Å²) >= 11 is 0. The van der Waals surface area contributed by atoms with Crippen molar-refractivity contribution < 1.29 is 23.9 Å². The van der Waals surface area contributed by atoms with E-state index in [0.717, 1.165) is 41.6 Å². The molecule has 1 fully saturated rings. The van der Waals surface area contributed by atoms with Crippen LogP contribution in [-0.4, -0.2) is 39.1 Å². The van der Waals surface area contributed by atoms with E-state index in [0.29, 0.717) is 11.5 Å². The van der Waals surface area contributed by atoms with Crippen LogP contribution in [0.1, 0.15) is 84.4 Å². The second kappa shape index (κ2) is 10.5. The van der Waals surface area contributed by atoms with E-state index in [9.17, 15) is 14.4 Å². The Labute approximate surface area is 206 Å². The molecule has 1 saturated carbocycles. The Balaban J connectivity index is 1.67. The second-order valence-electron chi connectivity index (χ2n) is 10.9. The van der Waals surface area contributed by atoms with Crippen LogP contribution in [0.2, 0.25) is 0 Å². The standard InChI is InChI=1S/C26H36N4O5/c1-25(2,3)34-23(32)27-19-13-11-17(12-14-19)15-22(31)28-21-16-20(18-9-7-8-10-18)29-30(21)24(33)35-26(4,5)6/h11-14,16,18H,7-10,15H2,1-6H3,(H,27,32)(H,28,31). The maximum absolute atomic E-state index is 12.8. The molecular weight excluding hydrogens is 448 g/mol. The summed E-state index contributed by atoms with van der Waals surface area (Å²) in [6.45, 7) is 10.7. The van der Waals surface area contributed by atoms with Crippen LogP contribution in [-0.2, 0) is 20.7 Å². The molecule has 2 aromatic rings. The molecule has 0 unspecified atom stereocenters. The molecule has 0 radical (unpaired) electrons. The lowest BCUT2D eigenvalue weighted by Gasteiger charge is -2.20. The molecule has 0 atom stereocenters. The molecule has 0 bridgehead atoms. The lowest BCUT2D eigenvalue weighted by Crippen LogP contribution is -2.29. The van der Waals surface area contributed by atoms with Crippen LogP contribution in [0.3, 0.4) is 0 Å². The van der Waals surface area contributed by atoms with Crippen LogP contribution in [0.4, 0.5) is 21.1 Å². The molecule has 190 valence electrons. The maximum atomic E-state index is 12.8. The molecule has 0 aliphatic heterocycles. The highest BCUT2D eigenvalue weighted by atomic mass is 16.6. The van der Waals surface area contributed by atoms with Gasteiger partial charge >= 0.3 is 12.2 Å². The number of nitrogens with zero attached hydrogens (tertiary/aromatic N) is 2. The zero-order valence-electron chi connectivity index (χ0n) is 21.4. The van der Waals surface area contributed by atoms with Gasteiger partial charge in [-0.15, -0.1) is 4.68 Å². The summed E-state index contributed by atoms with van der Waals surface area (Å²) in [5, 5.41) is 9.95. The number of aromatic nitrogens is 2. The first-order valence-electron chi connectivity index (χ1n) is 12.0. The predicted molar refractivity (Wildman–Crippen MR) is 134 cm³/mol. The molecule has 1 aromatic carbocycles. The Hall–Kier alpha value is -3.36. The lowest BCUT2D eigenvalue weighted by atomic mass is 10.0. The molecule has 35 heavy (non-hydrogen) atoms. The highest BCUT2D eigenvalue weighted by molar-refractivity contribution is 5.93. The topological polar surface area (TPSA) is 112 Å². The fourth-order valence-electron chi connectivity index (χ4n) is 3.85. The van der Waals surface area contributed by atoms with Crippen LogP contribution in [0.15, 0.2) is 30.3 Å². The average Bonchev–Trinajstić information content (AvgIpc) is 3.36. The van der Waals surface area contributed by atoms with Gasteiger partial charge in [0.2, 0.25) is 5.91 Å². The Morgan fingerprint density at radius 1 is 0.943 bits per heavy atom. The van der Waals surface area contributed by atoms with Crippen LogP contribution in [0.5, 0.6) is 0 Å².